The Bertz CT molecular complexity index is 529. The van der Waals surface area contributed by atoms with Crippen LogP contribution in [0, 0.1) is 0 Å². The number of benzene rings is 1. The number of carbonyl (C=O) groups excluding carboxylic acids is 1. The summed E-state index contributed by atoms with van der Waals surface area (Å²) in [6.45, 7) is 8.32. The molecular formula is C16H21NO2. The van der Waals surface area contributed by atoms with E-state index in [9.17, 15) is 4.79 Å². The quantitative estimate of drug-likeness (QED) is 0.655. The van der Waals surface area contributed by atoms with Gasteiger partial charge in [-0.25, -0.2) is 4.79 Å². The van der Waals surface area contributed by atoms with E-state index in [1.807, 2.05) is 26.0 Å². The first-order valence-corrected chi connectivity index (χ1v) is 6.69. The van der Waals surface area contributed by atoms with E-state index >= 15 is 0 Å². The lowest BCUT2D eigenvalue weighted by Crippen LogP contribution is -2.44. The standard InChI is InChI=1S/C16H21NO2/c1-5-19-15(18)11(2)14-13-9-7-6-8-12(13)10-16(3,4)17-14/h6-9,17H,5,10H2,1-4H3. The number of esters is 1. The molecule has 0 radical (unpaired) electrons. The molecule has 102 valence electrons. The molecule has 0 saturated carbocycles. The van der Waals surface area contributed by atoms with Crippen molar-refractivity contribution in [1.82, 2.24) is 5.32 Å². The van der Waals surface area contributed by atoms with Crippen LogP contribution in [0.15, 0.2) is 29.8 Å². The third kappa shape index (κ3) is 2.80. The van der Waals surface area contributed by atoms with E-state index in [-0.39, 0.29) is 11.5 Å². The Kier molecular flexibility index (Phi) is 3.65. The van der Waals surface area contributed by atoms with E-state index in [1.165, 1.54) is 5.56 Å². The Morgan fingerprint density at radius 3 is 2.74 bits per heavy atom. The highest BCUT2D eigenvalue weighted by molar-refractivity contribution is 5.97. The molecule has 1 aliphatic heterocycles. The van der Waals surface area contributed by atoms with Crippen molar-refractivity contribution < 1.29 is 9.53 Å². The van der Waals surface area contributed by atoms with E-state index in [4.69, 9.17) is 4.74 Å². The molecule has 0 spiro atoms. The van der Waals surface area contributed by atoms with Crippen LogP contribution in [-0.4, -0.2) is 18.1 Å². The Balaban J connectivity index is 2.51. The monoisotopic (exact) mass is 259 g/mol. The molecule has 0 fully saturated rings. The molecule has 0 bridgehead atoms. The lowest BCUT2D eigenvalue weighted by atomic mass is 9.85. The van der Waals surface area contributed by atoms with Crippen LogP contribution >= 0.6 is 0 Å². The third-order valence-electron chi connectivity index (χ3n) is 3.34. The molecule has 2 rings (SSSR count). The van der Waals surface area contributed by atoms with Gasteiger partial charge in [-0.3, -0.25) is 0 Å². The molecule has 0 saturated heterocycles. The molecule has 1 N–H and O–H groups in total. The van der Waals surface area contributed by atoms with Crippen molar-refractivity contribution in [3.05, 3.63) is 41.0 Å². The molecule has 0 aromatic heterocycles. The molecule has 0 amide bonds. The number of ether oxygens (including phenoxy) is 1. The van der Waals surface area contributed by atoms with Crippen LogP contribution in [0.25, 0.3) is 5.70 Å². The average molecular weight is 259 g/mol. The van der Waals surface area contributed by atoms with Gasteiger partial charge in [-0.2, -0.15) is 0 Å². The summed E-state index contributed by atoms with van der Waals surface area (Å²) >= 11 is 0. The second-order valence-corrected chi connectivity index (χ2v) is 5.56. The lowest BCUT2D eigenvalue weighted by molar-refractivity contribution is -0.138. The van der Waals surface area contributed by atoms with Crippen LogP contribution in [0.4, 0.5) is 0 Å². The van der Waals surface area contributed by atoms with Crippen molar-refractivity contribution in [1.29, 1.82) is 0 Å². The van der Waals surface area contributed by atoms with Gasteiger partial charge in [0.05, 0.1) is 17.9 Å². The zero-order valence-corrected chi connectivity index (χ0v) is 12.0. The fourth-order valence-corrected chi connectivity index (χ4v) is 2.48. The van der Waals surface area contributed by atoms with E-state index < -0.39 is 0 Å². The Hall–Kier alpha value is -1.77. The van der Waals surface area contributed by atoms with E-state index in [2.05, 4.69) is 31.3 Å². The second kappa shape index (κ2) is 5.08. The number of hydrogen-bond donors (Lipinski definition) is 1. The number of fused-ring (bicyclic) bond motifs is 1. The predicted octanol–water partition coefficient (Wildman–Crippen LogP) is 2.91. The van der Waals surface area contributed by atoms with Crippen LogP contribution < -0.4 is 5.32 Å². The normalized spacial score (nSPS) is 19.2. The molecular weight excluding hydrogens is 238 g/mol. The Morgan fingerprint density at radius 2 is 2.05 bits per heavy atom. The number of carbonyl (C=O) groups is 1. The van der Waals surface area contributed by atoms with Gasteiger partial charge in [-0.05, 0) is 39.7 Å². The number of hydrogen-bond acceptors (Lipinski definition) is 3. The smallest absolute Gasteiger partial charge is 0.335 e. The van der Waals surface area contributed by atoms with Gasteiger partial charge in [0.25, 0.3) is 0 Å². The van der Waals surface area contributed by atoms with Crippen LogP contribution in [0.3, 0.4) is 0 Å². The predicted molar refractivity (Wildman–Crippen MR) is 76.6 cm³/mol. The fraction of sp³-hybridized carbons (Fsp3) is 0.438. The summed E-state index contributed by atoms with van der Waals surface area (Å²) in [7, 11) is 0. The van der Waals surface area contributed by atoms with E-state index in [1.54, 1.807) is 0 Å². The van der Waals surface area contributed by atoms with Crippen molar-refractivity contribution in [3.63, 3.8) is 0 Å². The molecule has 1 aromatic rings. The van der Waals surface area contributed by atoms with Crippen molar-refractivity contribution >= 4 is 11.7 Å². The molecule has 0 atom stereocenters. The summed E-state index contributed by atoms with van der Waals surface area (Å²) in [5.41, 5.74) is 3.85. The third-order valence-corrected chi connectivity index (χ3v) is 3.34. The van der Waals surface area contributed by atoms with Crippen LogP contribution in [0.5, 0.6) is 0 Å². The Labute approximate surface area is 114 Å². The molecule has 3 heteroatoms. The summed E-state index contributed by atoms with van der Waals surface area (Å²) in [5, 5.41) is 3.47. The zero-order chi connectivity index (χ0) is 14.0. The number of nitrogens with one attached hydrogen (secondary N) is 1. The molecule has 1 heterocycles. The minimum absolute atomic E-state index is 0.0581. The highest BCUT2D eigenvalue weighted by Gasteiger charge is 2.29. The van der Waals surface area contributed by atoms with Gasteiger partial charge < -0.3 is 10.1 Å². The van der Waals surface area contributed by atoms with Crippen molar-refractivity contribution in [2.75, 3.05) is 6.61 Å². The highest BCUT2D eigenvalue weighted by Crippen LogP contribution is 2.31. The first-order chi connectivity index (χ1) is 8.94. The molecule has 0 aliphatic carbocycles. The first kappa shape index (κ1) is 13.7. The largest absolute Gasteiger partial charge is 0.463 e. The molecule has 0 unspecified atom stereocenters. The van der Waals surface area contributed by atoms with Crippen molar-refractivity contribution in [3.8, 4) is 0 Å². The minimum atomic E-state index is -0.252. The van der Waals surface area contributed by atoms with Crippen LogP contribution in [0.2, 0.25) is 0 Å². The topological polar surface area (TPSA) is 38.3 Å². The van der Waals surface area contributed by atoms with Crippen molar-refractivity contribution in [2.45, 2.75) is 39.7 Å². The van der Waals surface area contributed by atoms with Gasteiger partial charge in [0.2, 0.25) is 0 Å². The number of rotatable bonds is 2. The lowest BCUT2D eigenvalue weighted by Gasteiger charge is -2.36. The average Bonchev–Trinajstić information content (AvgIpc) is 2.36. The highest BCUT2D eigenvalue weighted by atomic mass is 16.5. The van der Waals surface area contributed by atoms with Gasteiger partial charge in [-0.15, -0.1) is 0 Å². The van der Waals surface area contributed by atoms with E-state index in [0.717, 1.165) is 17.7 Å². The first-order valence-electron chi connectivity index (χ1n) is 6.69. The molecule has 3 nitrogen and oxygen atoms in total. The van der Waals surface area contributed by atoms with Gasteiger partial charge in [0.1, 0.15) is 0 Å². The molecule has 1 aromatic carbocycles. The second-order valence-electron chi connectivity index (χ2n) is 5.56. The van der Waals surface area contributed by atoms with Gasteiger partial charge in [0.15, 0.2) is 0 Å². The zero-order valence-electron chi connectivity index (χ0n) is 12.0. The molecule has 19 heavy (non-hydrogen) atoms. The van der Waals surface area contributed by atoms with Gasteiger partial charge >= 0.3 is 5.97 Å². The van der Waals surface area contributed by atoms with Crippen LogP contribution in [-0.2, 0) is 16.0 Å². The van der Waals surface area contributed by atoms with Gasteiger partial charge in [0, 0.05) is 11.1 Å². The van der Waals surface area contributed by atoms with E-state index in [0.29, 0.717) is 12.2 Å². The Morgan fingerprint density at radius 1 is 1.37 bits per heavy atom. The summed E-state index contributed by atoms with van der Waals surface area (Å²) in [6.07, 6.45) is 0.947. The minimum Gasteiger partial charge on any atom is -0.463 e. The fourth-order valence-electron chi connectivity index (χ4n) is 2.48. The van der Waals surface area contributed by atoms with Crippen molar-refractivity contribution in [2.24, 2.45) is 0 Å². The maximum atomic E-state index is 11.9. The summed E-state index contributed by atoms with van der Waals surface area (Å²) in [6, 6.07) is 8.21. The summed E-state index contributed by atoms with van der Waals surface area (Å²) in [4.78, 5) is 11.9. The summed E-state index contributed by atoms with van der Waals surface area (Å²) in [5.74, 6) is -0.252. The van der Waals surface area contributed by atoms with Crippen LogP contribution in [0.1, 0.15) is 38.8 Å². The van der Waals surface area contributed by atoms with Gasteiger partial charge in [-0.1, -0.05) is 24.3 Å². The SMILES string of the molecule is CCOC(=O)C(C)=C1NC(C)(C)Cc2ccccc21. The summed E-state index contributed by atoms with van der Waals surface area (Å²) < 4.78 is 5.10. The maximum Gasteiger partial charge on any atom is 0.335 e. The molecule has 1 aliphatic rings. The maximum absolute atomic E-state index is 11.9.